The summed E-state index contributed by atoms with van der Waals surface area (Å²) in [4.78, 5) is 7.28. The predicted molar refractivity (Wildman–Crippen MR) is 56.5 cm³/mol. The Morgan fingerprint density at radius 3 is 2.53 bits per heavy atom. The lowest BCUT2D eigenvalue weighted by Crippen LogP contribution is -2.25. The number of rotatable bonds is 5. The van der Waals surface area contributed by atoms with Gasteiger partial charge in [0.2, 0.25) is 16.0 Å². The van der Waals surface area contributed by atoms with Gasteiger partial charge in [0.1, 0.15) is 4.90 Å². The Morgan fingerprint density at radius 2 is 2.00 bits per heavy atom. The van der Waals surface area contributed by atoms with Crippen LogP contribution >= 0.6 is 0 Å². The van der Waals surface area contributed by atoms with Gasteiger partial charge in [-0.2, -0.15) is 0 Å². The molecule has 0 bridgehead atoms. The van der Waals surface area contributed by atoms with Crippen LogP contribution in [0.4, 0.5) is 5.95 Å². The standard InChI is InChI=1S/C8H14N4O2S/c1-2-3-4-12-15(13,14)7-5-10-8(9)11-6-7/h5-6,12H,2-4H2,1H3,(H2,9,10,11). The number of nitrogens with two attached hydrogens (primary N) is 1. The molecule has 0 saturated heterocycles. The van der Waals surface area contributed by atoms with Gasteiger partial charge < -0.3 is 5.73 Å². The number of aromatic nitrogens is 2. The lowest BCUT2D eigenvalue weighted by atomic mass is 10.3. The Kier molecular flexibility index (Phi) is 3.98. The van der Waals surface area contributed by atoms with E-state index in [9.17, 15) is 8.42 Å². The third-order valence-corrected chi connectivity index (χ3v) is 3.20. The highest BCUT2D eigenvalue weighted by Gasteiger charge is 2.13. The van der Waals surface area contributed by atoms with E-state index in [2.05, 4.69) is 14.7 Å². The first-order valence-corrected chi connectivity index (χ1v) is 6.12. The SMILES string of the molecule is CCCCNS(=O)(=O)c1cnc(N)nc1. The molecule has 15 heavy (non-hydrogen) atoms. The van der Waals surface area contributed by atoms with Crippen LogP contribution in [-0.2, 0) is 10.0 Å². The summed E-state index contributed by atoms with van der Waals surface area (Å²) < 4.78 is 25.6. The lowest BCUT2D eigenvalue weighted by molar-refractivity contribution is 0.577. The highest BCUT2D eigenvalue weighted by Crippen LogP contribution is 2.05. The monoisotopic (exact) mass is 230 g/mol. The predicted octanol–water partition coefficient (Wildman–Crippen LogP) is 0.137. The molecule has 6 nitrogen and oxygen atoms in total. The average molecular weight is 230 g/mol. The molecule has 0 radical (unpaired) electrons. The zero-order chi connectivity index (χ0) is 11.3. The second-order valence-corrected chi connectivity index (χ2v) is 4.80. The van der Waals surface area contributed by atoms with Crippen LogP contribution in [0.2, 0.25) is 0 Å². The van der Waals surface area contributed by atoms with Gasteiger partial charge in [0.15, 0.2) is 0 Å². The fourth-order valence-corrected chi connectivity index (χ4v) is 1.89. The summed E-state index contributed by atoms with van der Waals surface area (Å²) in [7, 11) is -3.48. The van der Waals surface area contributed by atoms with E-state index in [1.54, 1.807) is 0 Å². The van der Waals surface area contributed by atoms with Gasteiger partial charge in [0.25, 0.3) is 0 Å². The quantitative estimate of drug-likeness (QED) is 0.701. The first-order valence-electron chi connectivity index (χ1n) is 4.63. The second kappa shape index (κ2) is 5.04. The molecule has 0 aliphatic rings. The van der Waals surface area contributed by atoms with Crippen molar-refractivity contribution in [3.63, 3.8) is 0 Å². The molecular weight excluding hydrogens is 216 g/mol. The zero-order valence-corrected chi connectivity index (χ0v) is 9.29. The van der Waals surface area contributed by atoms with Crippen LogP contribution in [0, 0.1) is 0 Å². The lowest BCUT2D eigenvalue weighted by Gasteiger charge is -2.04. The van der Waals surface area contributed by atoms with Gasteiger partial charge in [-0.25, -0.2) is 23.1 Å². The van der Waals surface area contributed by atoms with Crippen molar-refractivity contribution in [1.82, 2.24) is 14.7 Å². The Balaban J connectivity index is 2.73. The van der Waals surface area contributed by atoms with E-state index >= 15 is 0 Å². The summed E-state index contributed by atoms with van der Waals surface area (Å²) in [5, 5.41) is 0. The van der Waals surface area contributed by atoms with Crippen LogP contribution in [0.15, 0.2) is 17.3 Å². The fourth-order valence-electron chi connectivity index (χ4n) is 0.932. The van der Waals surface area contributed by atoms with Crippen LogP contribution in [0.25, 0.3) is 0 Å². The number of anilines is 1. The van der Waals surface area contributed by atoms with Crippen LogP contribution in [0.3, 0.4) is 0 Å². The molecule has 0 atom stereocenters. The van der Waals surface area contributed by atoms with Crippen molar-refractivity contribution in [2.45, 2.75) is 24.7 Å². The maximum Gasteiger partial charge on any atom is 0.243 e. The van der Waals surface area contributed by atoms with Crippen molar-refractivity contribution in [2.75, 3.05) is 12.3 Å². The zero-order valence-electron chi connectivity index (χ0n) is 8.47. The van der Waals surface area contributed by atoms with E-state index in [1.807, 2.05) is 6.92 Å². The van der Waals surface area contributed by atoms with Gasteiger partial charge in [-0.1, -0.05) is 13.3 Å². The number of hydrogen-bond donors (Lipinski definition) is 2. The average Bonchev–Trinajstić information content (AvgIpc) is 2.18. The molecular formula is C8H14N4O2S. The van der Waals surface area contributed by atoms with Gasteiger partial charge in [0.05, 0.1) is 12.4 Å². The molecule has 1 aromatic rings. The Morgan fingerprint density at radius 1 is 1.40 bits per heavy atom. The molecule has 0 aliphatic carbocycles. The molecule has 0 saturated carbocycles. The molecule has 0 aromatic carbocycles. The maximum atomic E-state index is 11.6. The molecule has 1 aromatic heterocycles. The van der Waals surface area contributed by atoms with Crippen molar-refractivity contribution in [2.24, 2.45) is 0 Å². The minimum Gasteiger partial charge on any atom is -0.368 e. The van der Waals surface area contributed by atoms with Crippen LogP contribution in [0.1, 0.15) is 19.8 Å². The van der Waals surface area contributed by atoms with Crippen LogP contribution < -0.4 is 10.5 Å². The molecule has 3 N–H and O–H groups in total. The van der Waals surface area contributed by atoms with E-state index < -0.39 is 10.0 Å². The topological polar surface area (TPSA) is 98.0 Å². The van der Waals surface area contributed by atoms with Crippen molar-refractivity contribution in [3.05, 3.63) is 12.4 Å². The third kappa shape index (κ3) is 3.45. The van der Waals surface area contributed by atoms with Gasteiger partial charge in [-0.3, -0.25) is 0 Å². The smallest absolute Gasteiger partial charge is 0.243 e. The van der Waals surface area contributed by atoms with Crippen LogP contribution in [-0.4, -0.2) is 24.9 Å². The number of nitrogens with one attached hydrogen (secondary N) is 1. The Hall–Kier alpha value is -1.21. The minimum absolute atomic E-state index is 0.0350. The summed E-state index contributed by atoms with van der Waals surface area (Å²) in [6.07, 6.45) is 4.11. The molecule has 0 aliphatic heterocycles. The van der Waals surface area contributed by atoms with Crippen molar-refractivity contribution in [3.8, 4) is 0 Å². The number of sulfonamides is 1. The normalized spacial score (nSPS) is 11.5. The second-order valence-electron chi connectivity index (χ2n) is 3.03. The molecule has 1 heterocycles. The molecule has 0 spiro atoms. The first-order chi connectivity index (χ1) is 7.06. The molecule has 0 fully saturated rings. The van der Waals surface area contributed by atoms with E-state index in [1.165, 1.54) is 12.4 Å². The highest BCUT2D eigenvalue weighted by atomic mass is 32.2. The first kappa shape index (κ1) is 11.9. The fraction of sp³-hybridized carbons (Fsp3) is 0.500. The summed E-state index contributed by atoms with van der Waals surface area (Å²) in [6.45, 7) is 2.41. The summed E-state index contributed by atoms with van der Waals surface area (Å²) in [6, 6.07) is 0. The van der Waals surface area contributed by atoms with Crippen LogP contribution in [0.5, 0.6) is 0 Å². The largest absolute Gasteiger partial charge is 0.368 e. The van der Waals surface area contributed by atoms with Gasteiger partial charge in [0, 0.05) is 6.54 Å². The number of nitrogens with zero attached hydrogens (tertiary/aromatic N) is 2. The Labute approximate surface area is 89.0 Å². The summed E-state index contributed by atoms with van der Waals surface area (Å²) in [5.74, 6) is 0.0579. The van der Waals surface area contributed by atoms with Gasteiger partial charge in [-0.15, -0.1) is 0 Å². The number of unbranched alkanes of at least 4 members (excludes halogenated alkanes) is 1. The van der Waals surface area contributed by atoms with E-state index in [0.717, 1.165) is 12.8 Å². The van der Waals surface area contributed by atoms with Crippen molar-refractivity contribution >= 4 is 16.0 Å². The van der Waals surface area contributed by atoms with E-state index in [-0.39, 0.29) is 10.8 Å². The molecule has 7 heteroatoms. The highest BCUT2D eigenvalue weighted by molar-refractivity contribution is 7.89. The molecule has 1 rings (SSSR count). The number of nitrogen functional groups attached to an aromatic ring is 1. The van der Waals surface area contributed by atoms with Crippen molar-refractivity contribution in [1.29, 1.82) is 0 Å². The van der Waals surface area contributed by atoms with E-state index in [4.69, 9.17) is 5.73 Å². The summed E-state index contributed by atoms with van der Waals surface area (Å²) in [5.41, 5.74) is 5.25. The molecule has 0 amide bonds. The maximum absolute atomic E-state index is 11.6. The Bertz CT molecular complexity index is 401. The number of hydrogen-bond acceptors (Lipinski definition) is 5. The summed E-state index contributed by atoms with van der Waals surface area (Å²) >= 11 is 0. The molecule has 84 valence electrons. The van der Waals surface area contributed by atoms with Gasteiger partial charge >= 0.3 is 0 Å². The minimum atomic E-state index is -3.48. The van der Waals surface area contributed by atoms with Gasteiger partial charge in [-0.05, 0) is 6.42 Å². The third-order valence-electron chi connectivity index (χ3n) is 1.78. The van der Waals surface area contributed by atoms with Crippen molar-refractivity contribution < 1.29 is 8.42 Å². The van der Waals surface area contributed by atoms with E-state index in [0.29, 0.717) is 6.54 Å². The molecule has 0 unspecified atom stereocenters.